The number of nitrogens with zero attached hydrogens (tertiary/aromatic N) is 5. The van der Waals surface area contributed by atoms with Crippen molar-refractivity contribution in [2.75, 3.05) is 13.7 Å². The number of aromatic amines is 1. The number of rotatable bonds is 6. The number of fused-ring (bicyclic) bond motifs is 2. The minimum absolute atomic E-state index is 0.207. The predicted octanol–water partition coefficient (Wildman–Crippen LogP) is 3.86. The summed E-state index contributed by atoms with van der Waals surface area (Å²) in [5.41, 5.74) is 4.44. The number of aromatic nitrogens is 5. The summed E-state index contributed by atoms with van der Waals surface area (Å²) in [6, 6.07) is 21.7. The number of pyridine rings is 1. The Morgan fingerprint density at radius 3 is 2.68 bits per heavy atom. The van der Waals surface area contributed by atoms with E-state index >= 15 is 0 Å². The lowest BCUT2D eigenvalue weighted by Gasteiger charge is -2.34. The standard InChI is InChI=1S/C28H25FN6O2/c1-37-23-11-8-20-14-24(28(36)30-25(20)15-23)26(34-13-12-19-4-2-3-5-21(19)17-34)27-31-32-33-35(27)16-18-6-9-22(29)10-7-18/h2-11,14-15,26H,12-13,16-17H2,1H3,(H,30,36). The van der Waals surface area contributed by atoms with Crippen LogP contribution in [0.4, 0.5) is 4.39 Å². The van der Waals surface area contributed by atoms with Gasteiger partial charge in [0.05, 0.1) is 19.2 Å². The molecule has 186 valence electrons. The molecule has 0 fully saturated rings. The molecule has 2 aromatic heterocycles. The Morgan fingerprint density at radius 1 is 1.05 bits per heavy atom. The molecule has 1 aliphatic heterocycles. The van der Waals surface area contributed by atoms with E-state index in [4.69, 9.17) is 4.74 Å². The molecule has 37 heavy (non-hydrogen) atoms. The van der Waals surface area contributed by atoms with Gasteiger partial charge in [0.15, 0.2) is 5.82 Å². The normalized spacial score (nSPS) is 14.4. The lowest BCUT2D eigenvalue weighted by molar-refractivity contribution is 0.194. The summed E-state index contributed by atoms with van der Waals surface area (Å²) in [7, 11) is 1.60. The SMILES string of the molecule is COc1ccc2cc(C(c3nnnn3Cc3ccc(F)cc3)N3CCc4ccccc4C3)c(=O)[nH]c2c1. The van der Waals surface area contributed by atoms with Gasteiger partial charge in [-0.25, -0.2) is 9.07 Å². The third kappa shape index (κ3) is 4.49. The summed E-state index contributed by atoms with van der Waals surface area (Å²) in [5, 5.41) is 13.5. The van der Waals surface area contributed by atoms with Gasteiger partial charge in [0, 0.05) is 24.7 Å². The Labute approximate surface area is 212 Å². The summed E-state index contributed by atoms with van der Waals surface area (Å²) >= 11 is 0. The maximum absolute atomic E-state index is 13.5. The molecule has 0 amide bonds. The minimum atomic E-state index is -0.487. The first-order valence-corrected chi connectivity index (χ1v) is 12.1. The second kappa shape index (κ2) is 9.59. The molecule has 0 aliphatic carbocycles. The van der Waals surface area contributed by atoms with E-state index in [-0.39, 0.29) is 11.4 Å². The zero-order valence-electron chi connectivity index (χ0n) is 20.3. The van der Waals surface area contributed by atoms with Crippen molar-refractivity contribution in [1.82, 2.24) is 30.1 Å². The Balaban J connectivity index is 1.46. The molecular weight excluding hydrogens is 471 g/mol. The molecule has 0 saturated heterocycles. The smallest absolute Gasteiger partial charge is 0.253 e. The Hall–Kier alpha value is -4.37. The van der Waals surface area contributed by atoms with Crippen LogP contribution in [0.3, 0.4) is 0 Å². The first-order valence-electron chi connectivity index (χ1n) is 12.1. The Bertz CT molecular complexity index is 1630. The molecule has 1 atom stereocenters. The quantitative estimate of drug-likeness (QED) is 0.384. The van der Waals surface area contributed by atoms with Crippen LogP contribution in [0.25, 0.3) is 10.9 Å². The first kappa shape index (κ1) is 23.1. The predicted molar refractivity (Wildman–Crippen MR) is 137 cm³/mol. The summed E-state index contributed by atoms with van der Waals surface area (Å²) in [4.78, 5) is 18.8. The highest BCUT2D eigenvalue weighted by atomic mass is 19.1. The van der Waals surface area contributed by atoms with Gasteiger partial charge < -0.3 is 9.72 Å². The lowest BCUT2D eigenvalue weighted by atomic mass is 9.96. The average Bonchev–Trinajstić information content (AvgIpc) is 3.37. The summed E-state index contributed by atoms with van der Waals surface area (Å²) in [6.07, 6.45) is 0.856. The molecule has 8 nitrogen and oxygen atoms in total. The number of methoxy groups -OCH3 is 1. The van der Waals surface area contributed by atoms with E-state index in [0.717, 1.165) is 23.9 Å². The van der Waals surface area contributed by atoms with Gasteiger partial charge >= 0.3 is 0 Å². The second-order valence-electron chi connectivity index (χ2n) is 9.22. The van der Waals surface area contributed by atoms with Gasteiger partial charge in [0.1, 0.15) is 17.6 Å². The van der Waals surface area contributed by atoms with Crippen LogP contribution in [0.2, 0.25) is 0 Å². The number of ether oxygens (including phenoxy) is 1. The van der Waals surface area contributed by atoms with Crippen molar-refractivity contribution in [2.45, 2.75) is 25.6 Å². The van der Waals surface area contributed by atoms with Crippen molar-refractivity contribution < 1.29 is 9.13 Å². The summed E-state index contributed by atoms with van der Waals surface area (Å²) in [5.74, 6) is 0.926. The van der Waals surface area contributed by atoms with Gasteiger partial charge in [-0.15, -0.1) is 5.10 Å². The fourth-order valence-electron chi connectivity index (χ4n) is 5.05. The second-order valence-corrected chi connectivity index (χ2v) is 9.22. The number of benzene rings is 3. The molecule has 1 aliphatic rings. The van der Waals surface area contributed by atoms with Crippen molar-refractivity contribution in [1.29, 1.82) is 0 Å². The molecule has 0 spiro atoms. The number of nitrogens with one attached hydrogen (secondary N) is 1. The van der Waals surface area contributed by atoms with Gasteiger partial charge in [0.2, 0.25) is 0 Å². The minimum Gasteiger partial charge on any atom is -0.497 e. The maximum atomic E-state index is 13.5. The molecule has 0 radical (unpaired) electrons. The molecule has 1 N–H and O–H groups in total. The number of hydrogen-bond donors (Lipinski definition) is 1. The highest BCUT2D eigenvalue weighted by Crippen LogP contribution is 2.32. The molecule has 5 aromatic rings. The van der Waals surface area contributed by atoms with Crippen LogP contribution in [0.1, 0.15) is 34.1 Å². The van der Waals surface area contributed by atoms with Crippen molar-refractivity contribution in [2.24, 2.45) is 0 Å². The van der Waals surface area contributed by atoms with Gasteiger partial charge in [-0.1, -0.05) is 36.4 Å². The van der Waals surface area contributed by atoms with Crippen LogP contribution in [0, 0.1) is 5.82 Å². The summed E-state index contributed by atoms with van der Waals surface area (Å²) < 4.78 is 20.5. The zero-order valence-corrected chi connectivity index (χ0v) is 20.3. The molecule has 3 aromatic carbocycles. The molecular formula is C28H25FN6O2. The number of halogens is 1. The summed E-state index contributed by atoms with van der Waals surface area (Å²) in [6.45, 7) is 1.75. The molecule has 1 unspecified atom stereocenters. The van der Waals surface area contributed by atoms with Crippen LogP contribution in [-0.2, 0) is 19.5 Å². The van der Waals surface area contributed by atoms with Crippen molar-refractivity contribution >= 4 is 10.9 Å². The topological polar surface area (TPSA) is 88.9 Å². The van der Waals surface area contributed by atoms with E-state index in [0.29, 0.717) is 35.7 Å². The maximum Gasteiger partial charge on any atom is 0.253 e. The lowest BCUT2D eigenvalue weighted by Crippen LogP contribution is -2.38. The van der Waals surface area contributed by atoms with E-state index in [1.54, 1.807) is 23.9 Å². The third-order valence-electron chi connectivity index (χ3n) is 6.95. The van der Waals surface area contributed by atoms with E-state index in [9.17, 15) is 9.18 Å². The van der Waals surface area contributed by atoms with Crippen molar-refractivity contribution in [3.63, 3.8) is 0 Å². The van der Waals surface area contributed by atoms with E-state index < -0.39 is 6.04 Å². The van der Waals surface area contributed by atoms with Crippen LogP contribution < -0.4 is 10.3 Å². The van der Waals surface area contributed by atoms with Crippen molar-refractivity contribution in [3.05, 3.63) is 117 Å². The fourth-order valence-corrected chi connectivity index (χ4v) is 5.05. The molecule has 0 bridgehead atoms. The van der Waals surface area contributed by atoms with E-state index in [2.05, 4.69) is 43.6 Å². The Kier molecular flexibility index (Phi) is 5.97. The Morgan fingerprint density at radius 2 is 1.86 bits per heavy atom. The fraction of sp³-hybridized carbons (Fsp3) is 0.214. The van der Waals surface area contributed by atoms with E-state index in [1.165, 1.54) is 23.3 Å². The van der Waals surface area contributed by atoms with Crippen LogP contribution in [0.5, 0.6) is 5.75 Å². The van der Waals surface area contributed by atoms with Gasteiger partial charge in [-0.05, 0) is 69.3 Å². The molecule has 3 heterocycles. The van der Waals surface area contributed by atoms with Gasteiger partial charge in [-0.3, -0.25) is 9.69 Å². The molecule has 0 saturated carbocycles. The van der Waals surface area contributed by atoms with Crippen LogP contribution in [-0.4, -0.2) is 43.7 Å². The molecule has 9 heteroatoms. The number of tetrazole rings is 1. The zero-order chi connectivity index (χ0) is 25.4. The highest BCUT2D eigenvalue weighted by molar-refractivity contribution is 5.80. The third-order valence-corrected chi connectivity index (χ3v) is 6.95. The first-order chi connectivity index (χ1) is 18.1. The monoisotopic (exact) mass is 496 g/mol. The van der Waals surface area contributed by atoms with Gasteiger partial charge in [-0.2, -0.15) is 0 Å². The van der Waals surface area contributed by atoms with Gasteiger partial charge in [0.25, 0.3) is 5.56 Å². The highest BCUT2D eigenvalue weighted by Gasteiger charge is 2.32. The average molecular weight is 497 g/mol. The van der Waals surface area contributed by atoms with E-state index in [1.807, 2.05) is 30.3 Å². The molecule has 6 rings (SSSR count). The van der Waals surface area contributed by atoms with Crippen LogP contribution in [0.15, 0.2) is 77.6 Å². The largest absolute Gasteiger partial charge is 0.497 e. The number of H-pyrrole nitrogens is 1. The van der Waals surface area contributed by atoms with Crippen molar-refractivity contribution in [3.8, 4) is 5.75 Å². The number of hydrogen-bond acceptors (Lipinski definition) is 6. The van der Waals surface area contributed by atoms with Crippen LogP contribution >= 0.6 is 0 Å².